The largest absolute Gasteiger partial charge is 0.478 e. The van der Waals surface area contributed by atoms with E-state index < -0.39 is 11.9 Å². The van der Waals surface area contributed by atoms with E-state index in [9.17, 15) is 14.4 Å². The molecule has 2 heterocycles. The van der Waals surface area contributed by atoms with Gasteiger partial charge in [-0.2, -0.15) is 0 Å². The molecule has 1 atom stereocenters. The van der Waals surface area contributed by atoms with E-state index in [4.69, 9.17) is 9.84 Å². The molecule has 2 aliphatic rings. The molecule has 1 amide bonds. The highest BCUT2D eigenvalue weighted by Gasteiger charge is 2.31. The first kappa shape index (κ1) is 18.8. The van der Waals surface area contributed by atoms with Gasteiger partial charge in [0.15, 0.2) is 0 Å². The molecular weight excluding hydrogens is 324 g/mol. The molecule has 0 aromatic carbocycles. The van der Waals surface area contributed by atoms with Gasteiger partial charge in [-0.3, -0.25) is 9.59 Å². The lowest BCUT2D eigenvalue weighted by Crippen LogP contribution is -2.39. The molecule has 0 spiro atoms. The summed E-state index contributed by atoms with van der Waals surface area (Å²) in [6.07, 6.45) is 6.44. The summed E-state index contributed by atoms with van der Waals surface area (Å²) < 4.78 is 4.88. The minimum Gasteiger partial charge on any atom is -0.478 e. The lowest BCUT2D eigenvalue weighted by atomic mass is 9.89. The summed E-state index contributed by atoms with van der Waals surface area (Å²) in [6, 6.07) is 0. The third-order valence-corrected chi connectivity index (χ3v) is 3.44. The van der Waals surface area contributed by atoms with E-state index in [0.717, 1.165) is 17.3 Å². The standard InChI is InChI=1S/C15H18N2O5.ClH/c1-2-22-14(20)8-10-7-11-9-17(6-4-13(18)19)5-3-12(11)16-15(10)21;/h3-6,10H,2,7-9H2,1H3,(H,16,21)(H,18,19);1H/b6-4+;. The fourth-order valence-electron chi connectivity index (χ4n) is 2.42. The van der Waals surface area contributed by atoms with Crippen LogP contribution in [0.4, 0.5) is 0 Å². The number of carboxylic acid groups (broad SMARTS) is 1. The van der Waals surface area contributed by atoms with Crippen LogP contribution in [0.25, 0.3) is 0 Å². The van der Waals surface area contributed by atoms with Crippen molar-refractivity contribution in [2.75, 3.05) is 13.2 Å². The zero-order valence-electron chi connectivity index (χ0n) is 12.7. The van der Waals surface area contributed by atoms with Gasteiger partial charge in [-0.15, -0.1) is 12.4 Å². The van der Waals surface area contributed by atoms with Crippen molar-refractivity contribution in [2.24, 2.45) is 5.92 Å². The van der Waals surface area contributed by atoms with Gasteiger partial charge in [0.25, 0.3) is 0 Å². The van der Waals surface area contributed by atoms with Crippen molar-refractivity contribution in [2.45, 2.75) is 19.8 Å². The first-order valence-corrected chi connectivity index (χ1v) is 7.03. The smallest absolute Gasteiger partial charge is 0.329 e. The van der Waals surface area contributed by atoms with Crippen molar-refractivity contribution >= 4 is 30.3 Å². The third kappa shape index (κ3) is 5.14. The van der Waals surface area contributed by atoms with E-state index in [1.165, 1.54) is 6.20 Å². The average molecular weight is 343 g/mol. The topological polar surface area (TPSA) is 95.9 Å². The van der Waals surface area contributed by atoms with Crippen LogP contribution in [0.5, 0.6) is 0 Å². The zero-order chi connectivity index (χ0) is 16.1. The van der Waals surface area contributed by atoms with Crippen LogP contribution in [-0.2, 0) is 19.1 Å². The summed E-state index contributed by atoms with van der Waals surface area (Å²) in [4.78, 5) is 35.8. The van der Waals surface area contributed by atoms with Crippen molar-refractivity contribution in [3.05, 3.63) is 35.8 Å². The summed E-state index contributed by atoms with van der Waals surface area (Å²) in [5, 5.41) is 11.4. The average Bonchev–Trinajstić information content (AvgIpc) is 2.46. The second kappa shape index (κ2) is 8.38. The van der Waals surface area contributed by atoms with Crippen molar-refractivity contribution < 1.29 is 24.2 Å². The summed E-state index contributed by atoms with van der Waals surface area (Å²) in [7, 11) is 0. The fraction of sp³-hybridized carbons (Fsp3) is 0.400. The van der Waals surface area contributed by atoms with Crippen molar-refractivity contribution in [1.29, 1.82) is 0 Å². The highest BCUT2D eigenvalue weighted by Crippen LogP contribution is 2.27. The minimum absolute atomic E-state index is 0. The molecule has 0 bridgehead atoms. The highest BCUT2D eigenvalue weighted by atomic mass is 35.5. The predicted molar refractivity (Wildman–Crippen MR) is 84.4 cm³/mol. The number of hydrogen-bond donors (Lipinski definition) is 2. The van der Waals surface area contributed by atoms with Crippen LogP contribution in [0.1, 0.15) is 19.8 Å². The number of aliphatic carboxylic acids is 1. The Labute approximate surface area is 140 Å². The second-order valence-corrected chi connectivity index (χ2v) is 5.06. The lowest BCUT2D eigenvalue weighted by Gasteiger charge is -2.31. The first-order valence-electron chi connectivity index (χ1n) is 7.03. The van der Waals surface area contributed by atoms with Gasteiger partial charge >= 0.3 is 11.9 Å². The van der Waals surface area contributed by atoms with Gasteiger partial charge in [0.1, 0.15) is 0 Å². The van der Waals surface area contributed by atoms with Crippen LogP contribution >= 0.6 is 12.4 Å². The van der Waals surface area contributed by atoms with Gasteiger partial charge in [0, 0.05) is 30.7 Å². The molecule has 23 heavy (non-hydrogen) atoms. The van der Waals surface area contributed by atoms with Crippen molar-refractivity contribution in [3.8, 4) is 0 Å². The van der Waals surface area contributed by atoms with Crippen LogP contribution < -0.4 is 5.32 Å². The van der Waals surface area contributed by atoms with Gasteiger partial charge in [0.05, 0.1) is 18.9 Å². The van der Waals surface area contributed by atoms with Gasteiger partial charge < -0.3 is 20.1 Å². The van der Waals surface area contributed by atoms with E-state index >= 15 is 0 Å². The van der Waals surface area contributed by atoms with Crippen LogP contribution in [-0.4, -0.2) is 41.0 Å². The molecule has 0 aromatic heterocycles. The molecule has 1 unspecified atom stereocenters. The van der Waals surface area contributed by atoms with Gasteiger partial charge in [-0.25, -0.2) is 4.79 Å². The Morgan fingerprint density at radius 2 is 2.26 bits per heavy atom. The van der Waals surface area contributed by atoms with Crippen LogP contribution in [0.15, 0.2) is 35.8 Å². The van der Waals surface area contributed by atoms with E-state index in [-0.39, 0.29) is 37.3 Å². The molecule has 8 heteroatoms. The number of carbonyl (C=O) groups excluding carboxylic acids is 2. The number of esters is 1. The minimum atomic E-state index is -1.02. The van der Waals surface area contributed by atoms with Crippen LogP contribution in [0.2, 0.25) is 0 Å². The van der Waals surface area contributed by atoms with Gasteiger partial charge in [-0.05, 0) is 25.0 Å². The number of halogens is 1. The SMILES string of the molecule is CCOC(=O)CC1CC2=C(C=CN(/C=C/C(=O)O)C2)NC1=O.Cl. The number of carboxylic acids is 1. The Morgan fingerprint density at radius 3 is 2.91 bits per heavy atom. The molecule has 2 N–H and O–H groups in total. The maximum absolute atomic E-state index is 12.0. The summed E-state index contributed by atoms with van der Waals surface area (Å²) in [5.41, 5.74) is 1.69. The number of nitrogens with one attached hydrogen (secondary N) is 1. The molecule has 126 valence electrons. The monoisotopic (exact) mass is 342 g/mol. The Kier molecular flexibility index (Phi) is 6.84. The number of carbonyl (C=O) groups is 3. The first-order chi connectivity index (χ1) is 10.5. The highest BCUT2D eigenvalue weighted by molar-refractivity contribution is 5.87. The molecule has 2 aliphatic heterocycles. The summed E-state index contributed by atoms with van der Waals surface area (Å²) in [5.74, 6) is -2.05. The van der Waals surface area contributed by atoms with Crippen molar-refractivity contribution in [3.63, 3.8) is 0 Å². The molecule has 0 radical (unpaired) electrons. The van der Waals surface area contributed by atoms with E-state index in [1.54, 1.807) is 24.1 Å². The number of rotatable bonds is 5. The molecule has 0 saturated carbocycles. The van der Waals surface area contributed by atoms with Gasteiger partial charge in [0.2, 0.25) is 5.91 Å². The summed E-state index contributed by atoms with van der Waals surface area (Å²) >= 11 is 0. The molecule has 7 nitrogen and oxygen atoms in total. The number of amides is 1. The van der Waals surface area contributed by atoms with E-state index in [1.807, 2.05) is 0 Å². The maximum atomic E-state index is 12.0. The van der Waals surface area contributed by atoms with E-state index in [0.29, 0.717) is 13.0 Å². The fourth-order valence-corrected chi connectivity index (χ4v) is 2.42. The number of nitrogens with zero attached hydrogens (tertiary/aromatic N) is 1. The molecular formula is C15H19ClN2O5. The Hall–Kier alpha value is -2.28. The number of ether oxygens (including phenoxy) is 1. The molecule has 0 aromatic rings. The van der Waals surface area contributed by atoms with Crippen LogP contribution in [0, 0.1) is 5.92 Å². The normalized spacial score (nSPS) is 20.0. The quantitative estimate of drug-likeness (QED) is 0.575. The Balaban J connectivity index is 0.00000264. The second-order valence-electron chi connectivity index (χ2n) is 5.06. The van der Waals surface area contributed by atoms with Crippen LogP contribution in [0.3, 0.4) is 0 Å². The maximum Gasteiger partial charge on any atom is 0.329 e. The Bertz CT molecular complexity index is 582. The Morgan fingerprint density at radius 1 is 1.52 bits per heavy atom. The number of allylic oxidation sites excluding steroid dienone is 1. The molecule has 0 aliphatic carbocycles. The van der Waals surface area contributed by atoms with Gasteiger partial charge in [-0.1, -0.05) is 0 Å². The molecule has 0 fully saturated rings. The molecule has 0 saturated heterocycles. The number of hydrogen-bond acceptors (Lipinski definition) is 5. The predicted octanol–water partition coefficient (Wildman–Crippen LogP) is 1.18. The lowest BCUT2D eigenvalue weighted by molar-refractivity contribution is -0.146. The van der Waals surface area contributed by atoms with Crippen molar-refractivity contribution in [1.82, 2.24) is 10.2 Å². The third-order valence-electron chi connectivity index (χ3n) is 3.44. The molecule has 2 rings (SSSR count). The zero-order valence-corrected chi connectivity index (χ0v) is 13.5. The summed E-state index contributed by atoms with van der Waals surface area (Å²) in [6.45, 7) is 2.49. The van der Waals surface area contributed by atoms with E-state index in [2.05, 4.69) is 5.32 Å².